The summed E-state index contributed by atoms with van der Waals surface area (Å²) in [4.78, 5) is 0. The van der Waals surface area contributed by atoms with E-state index >= 15 is 0 Å². The third kappa shape index (κ3) is 3.22. The van der Waals surface area contributed by atoms with Crippen LogP contribution >= 0.6 is 0 Å². The summed E-state index contributed by atoms with van der Waals surface area (Å²) >= 11 is 0. The van der Waals surface area contributed by atoms with Crippen molar-refractivity contribution >= 4 is 0 Å². The van der Waals surface area contributed by atoms with E-state index in [9.17, 15) is 4.39 Å². The molecule has 2 unspecified atom stereocenters. The zero-order chi connectivity index (χ0) is 15.0. The Bertz CT molecular complexity index is 475. The van der Waals surface area contributed by atoms with Crippen LogP contribution in [0.25, 0.3) is 0 Å². The molecule has 0 saturated heterocycles. The highest BCUT2D eigenvalue weighted by Gasteiger charge is 2.34. The highest BCUT2D eigenvalue weighted by molar-refractivity contribution is 5.29. The second-order valence-corrected chi connectivity index (χ2v) is 7.61. The minimum atomic E-state index is -0.353. The van der Waals surface area contributed by atoms with E-state index in [1.165, 1.54) is 6.42 Å². The van der Waals surface area contributed by atoms with Crippen molar-refractivity contribution in [1.82, 2.24) is 0 Å². The van der Waals surface area contributed by atoms with Crippen LogP contribution in [-0.4, -0.2) is 0 Å². The average Bonchev–Trinajstić information content (AvgIpc) is 2.55. The minimum Gasteiger partial charge on any atom is -0.321 e. The third-order valence-corrected chi connectivity index (χ3v) is 5.09. The van der Waals surface area contributed by atoms with Gasteiger partial charge in [-0.05, 0) is 61.1 Å². The molecular weight excluding hydrogens is 249 g/mol. The van der Waals surface area contributed by atoms with E-state index in [0.717, 1.165) is 31.2 Å². The lowest BCUT2D eigenvalue weighted by atomic mass is 9.75. The number of benzene rings is 1. The van der Waals surface area contributed by atoms with Crippen molar-refractivity contribution in [2.24, 2.45) is 17.1 Å². The van der Waals surface area contributed by atoms with Gasteiger partial charge in [-0.1, -0.05) is 39.3 Å². The van der Waals surface area contributed by atoms with Gasteiger partial charge in [-0.15, -0.1) is 0 Å². The molecule has 1 nitrogen and oxygen atoms in total. The maximum Gasteiger partial charge on any atom is 0.126 e. The number of hydrogen-bond donors (Lipinski definition) is 1. The zero-order valence-electron chi connectivity index (χ0n) is 13.3. The summed E-state index contributed by atoms with van der Waals surface area (Å²) in [6, 6.07) is 5.51. The smallest absolute Gasteiger partial charge is 0.126 e. The van der Waals surface area contributed by atoms with Crippen molar-refractivity contribution in [2.45, 2.75) is 65.3 Å². The number of hydrogen-bond acceptors (Lipinski definition) is 1. The standard InChI is InChI=1S/C18H28FN/c1-13-7-8-15(12-16(13)19)18(20)10-5-6-14(9-11-18)17(2,3)4/h7-8,12,14H,5-6,9-11,20H2,1-4H3. The number of nitrogens with two attached hydrogens (primary N) is 1. The summed E-state index contributed by atoms with van der Waals surface area (Å²) in [6.07, 6.45) is 5.42. The molecule has 1 saturated carbocycles. The van der Waals surface area contributed by atoms with Crippen molar-refractivity contribution in [3.8, 4) is 0 Å². The summed E-state index contributed by atoms with van der Waals surface area (Å²) in [7, 11) is 0. The summed E-state index contributed by atoms with van der Waals surface area (Å²) in [5, 5.41) is 0. The van der Waals surface area contributed by atoms with Gasteiger partial charge in [0, 0.05) is 5.54 Å². The Kier molecular flexibility index (Phi) is 4.24. The van der Waals surface area contributed by atoms with Gasteiger partial charge in [-0.3, -0.25) is 0 Å². The fraction of sp³-hybridized carbons (Fsp3) is 0.667. The van der Waals surface area contributed by atoms with Crippen molar-refractivity contribution in [3.05, 3.63) is 35.1 Å². The Labute approximate surface area is 122 Å². The van der Waals surface area contributed by atoms with Crippen molar-refractivity contribution < 1.29 is 4.39 Å². The van der Waals surface area contributed by atoms with Gasteiger partial charge in [-0.2, -0.15) is 0 Å². The molecular formula is C18H28FN. The first-order valence-corrected chi connectivity index (χ1v) is 7.78. The SMILES string of the molecule is Cc1ccc(C2(N)CCCC(C(C)(C)C)CC2)cc1F. The zero-order valence-corrected chi connectivity index (χ0v) is 13.3. The van der Waals surface area contributed by atoms with Gasteiger partial charge in [0.25, 0.3) is 0 Å². The molecule has 2 rings (SSSR count). The fourth-order valence-electron chi connectivity index (χ4n) is 3.42. The first kappa shape index (κ1) is 15.5. The maximum absolute atomic E-state index is 13.8. The van der Waals surface area contributed by atoms with Gasteiger partial charge in [-0.25, -0.2) is 4.39 Å². The molecule has 1 aromatic rings. The van der Waals surface area contributed by atoms with Crippen LogP contribution in [0.5, 0.6) is 0 Å². The summed E-state index contributed by atoms with van der Waals surface area (Å²) < 4.78 is 13.8. The molecule has 112 valence electrons. The van der Waals surface area contributed by atoms with Crippen LogP contribution in [0.1, 0.15) is 64.0 Å². The lowest BCUT2D eigenvalue weighted by Gasteiger charge is -2.32. The fourth-order valence-corrected chi connectivity index (χ4v) is 3.42. The third-order valence-electron chi connectivity index (χ3n) is 5.09. The van der Waals surface area contributed by atoms with Gasteiger partial charge in [0.1, 0.15) is 5.82 Å². The van der Waals surface area contributed by atoms with Crippen LogP contribution in [0.2, 0.25) is 0 Å². The Morgan fingerprint density at radius 2 is 1.90 bits per heavy atom. The Hall–Kier alpha value is -0.890. The topological polar surface area (TPSA) is 26.0 Å². The maximum atomic E-state index is 13.8. The molecule has 0 aromatic heterocycles. The predicted molar refractivity (Wildman–Crippen MR) is 83.0 cm³/mol. The normalized spacial score (nSPS) is 28.2. The van der Waals surface area contributed by atoms with Gasteiger partial charge < -0.3 is 5.73 Å². The molecule has 1 aliphatic rings. The number of aryl methyl sites for hydroxylation is 1. The quantitative estimate of drug-likeness (QED) is 0.725. The van der Waals surface area contributed by atoms with Gasteiger partial charge in [0.2, 0.25) is 0 Å². The Morgan fingerprint density at radius 3 is 2.50 bits per heavy atom. The molecule has 0 amide bonds. The van der Waals surface area contributed by atoms with E-state index in [0.29, 0.717) is 16.9 Å². The van der Waals surface area contributed by atoms with Gasteiger partial charge >= 0.3 is 0 Å². The highest BCUT2D eigenvalue weighted by atomic mass is 19.1. The first-order chi connectivity index (χ1) is 9.22. The Balaban J connectivity index is 2.20. The van der Waals surface area contributed by atoms with Crippen LogP contribution in [0.3, 0.4) is 0 Å². The molecule has 1 aromatic carbocycles. The molecule has 1 aliphatic carbocycles. The molecule has 2 heteroatoms. The van der Waals surface area contributed by atoms with E-state index < -0.39 is 0 Å². The highest BCUT2D eigenvalue weighted by Crippen LogP contribution is 2.42. The average molecular weight is 277 g/mol. The molecule has 0 radical (unpaired) electrons. The van der Waals surface area contributed by atoms with E-state index in [4.69, 9.17) is 5.73 Å². The molecule has 0 bridgehead atoms. The molecule has 0 aliphatic heterocycles. The summed E-state index contributed by atoms with van der Waals surface area (Å²) in [5.74, 6) is 0.576. The van der Waals surface area contributed by atoms with Gasteiger partial charge in [0.05, 0.1) is 0 Å². The molecule has 1 fully saturated rings. The monoisotopic (exact) mass is 277 g/mol. The second kappa shape index (κ2) is 5.48. The molecule has 2 atom stereocenters. The van der Waals surface area contributed by atoms with E-state index in [-0.39, 0.29) is 11.4 Å². The summed E-state index contributed by atoms with van der Waals surface area (Å²) in [5.41, 5.74) is 8.28. The van der Waals surface area contributed by atoms with Crippen LogP contribution < -0.4 is 5.73 Å². The van der Waals surface area contributed by atoms with E-state index in [1.807, 2.05) is 12.1 Å². The Morgan fingerprint density at radius 1 is 1.20 bits per heavy atom. The molecule has 20 heavy (non-hydrogen) atoms. The van der Waals surface area contributed by atoms with Crippen LogP contribution in [-0.2, 0) is 5.54 Å². The lowest BCUT2D eigenvalue weighted by molar-refractivity contribution is 0.211. The van der Waals surface area contributed by atoms with Crippen molar-refractivity contribution in [3.63, 3.8) is 0 Å². The largest absolute Gasteiger partial charge is 0.321 e. The lowest BCUT2D eigenvalue weighted by Crippen LogP contribution is -2.36. The van der Waals surface area contributed by atoms with Crippen molar-refractivity contribution in [2.75, 3.05) is 0 Å². The summed E-state index contributed by atoms with van der Waals surface area (Å²) in [6.45, 7) is 8.73. The predicted octanol–water partition coefficient (Wildman–Crippen LogP) is 4.91. The molecule has 2 N–H and O–H groups in total. The second-order valence-electron chi connectivity index (χ2n) is 7.61. The number of halogens is 1. The molecule has 0 spiro atoms. The van der Waals surface area contributed by atoms with Crippen LogP contribution in [0.4, 0.5) is 4.39 Å². The van der Waals surface area contributed by atoms with E-state index in [1.54, 1.807) is 13.0 Å². The van der Waals surface area contributed by atoms with Crippen LogP contribution in [0.15, 0.2) is 18.2 Å². The van der Waals surface area contributed by atoms with E-state index in [2.05, 4.69) is 20.8 Å². The van der Waals surface area contributed by atoms with Crippen LogP contribution in [0, 0.1) is 24.1 Å². The number of rotatable bonds is 1. The first-order valence-electron chi connectivity index (χ1n) is 7.78. The molecule has 0 heterocycles. The minimum absolute atomic E-state index is 0.135. The van der Waals surface area contributed by atoms with Gasteiger partial charge in [0.15, 0.2) is 0 Å². The van der Waals surface area contributed by atoms with Crippen molar-refractivity contribution in [1.29, 1.82) is 0 Å².